The van der Waals surface area contributed by atoms with E-state index in [1.807, 2.05) is 6.07 Å². The Kier molecular flexibility index (Phi) is 4.90. The zero-order valence-corrected chi connectivity index (χ0v) is 13.7. The Morgan fingerprint density at radius 3 is 3.18 bits per heavy atom. The van der Waals surface area contributed by atoms with Crippen molar-refractivity contribution in [2.24, 2.45) is 0 Å². The van der Waals surface area contributed by atoms with Crippen LogP contribution in [0.2, 0.25) is 0 Å². The van der Waals surface area contributed by atoms with Gasteiger partial charge in [0.2, 0.25) is 5.91 Å². The van der Waals surface area contributed by atoms with Gasteiger partial charge in [-0.1, -0.05) is 0 Å². The maximum absolute atomic E-state index is 12.1. The number of piperidine rings is 1. The van der Waals surface area contributed by atoms with Gasteiger partial charge in [0.1, 0.15) is 0 Å². The molecule has 0 bridgehead atoms. The molecule has 0 aromatic carbocycles. The molecular weight excluding hydrogens is 296 g/mol. The number of aromatic nitrogens is 2. The summed E-state index contributed by atoms with van der Waals surface area (Å²) < 4.78 is 0. The van der Waals surface area contributed by atoms with E-state index < -0.39 is 0 Å². The average molecular weight is 318 g/mol. The van der Waals surface area contributed by atoms with Gasteiger partial charge in [0.15, 0.2) is 0 Å². The van der Waals surface area contributed by atoms with Gasteiger partial charge in [-0.3, -0.25) is 14.8 Å². The quantitative estimate of drug-likeness (QED) is 0.889. The Labute approximate surface area is 134 Å². The predicted octanol–water partition coefficient (Wildman–Crippen LogP) is 2.28. The Morgan fingerprint density at radius 1 is 1.55 bits per heavy atom. The maximum Gasteiger partial charge on any atom is 0.234 e. The number of likely N-dealkylation sites (tertiary alicyclic amines) is 1. The second kappa shape index (κ2) is 7.07. The van der Waals surface area contributed by atoms with Gasteiger partial charge in [-0.15, -0.1) is 11.3 Å². The molecule has 0 spiro atoms. The van der Waals surface area contributed by atoms with Crippen LogP contribution < -0.4 is 5.32 Å². The van der Waals surface area contributed by atoms with Crippen molar-refractivity contribution in [2.45, 2.75) is 32.2 Å². The normalized spacial score (nSPS) is 19.2. The van der Waals surface area contributed by atoms with Gasteiger partial charge in [-0.25, -0.2) is 0 Å². The van der Waals surface area contributed by atoms with Gasteiger partial charge in [-0.2, -0.15) is 5.10 Å². The fraction of sp³-hybridized carbons (Fsp3) is 0.500. The van der Waals surface area contributed by atoms with Crippen molar-refractivity contribution in [3.8, 4) is 0 Å². The number of carbonyl (C=O) groups is 1. The number of hydrogen-bond acceptors (Lipinski definition) is 4. The summed E-state index contributed by atoms with van der Waals surface area (Å²) in [6, 6.07) is 4.12. The Hall–Kier alpha value is -1.66. The molecule has 0 saturated carbocycles. The lowest BCUT2D eigenvalue weighted by Crippen LogP contribution is -2.41. The van der Waals surface area contributed by atoms with Crippen LogP contribution in [-0.2, 0) is 11.3 Å². The van der Waals surface area contributed by atoms with E-state index in [2.05, 4.69) is 38.8 Å². The SMILES string of the molecule is Cc1ccsc1CNC(=O)CN1CCC[C@H](c2ccn[nH]2)C1. The second-order valence-corrected chi connectivity index (χ2v) is 6.89. The Morgan fingerprint density at radius 2 is 2.45 bits per heavy atom. The minimum Gasteiger partial charge on any atom is -0.350 e. The van der Waals surface area contributed by atoms with E-state index in [0.29, 0.717) is 19.0 Å². The van der Waals surface area contributed by atoms with Crippen molar-refractivity contribution >= 4 is 17.2 Å². The highest BCUT2D eigenvalue weighted by molar-refractivity contribution is 7.10. The minimum atomic E-state index is 0.109. The molecule has 1 aliphatic heterocycles. The van der Waals surface area contributed by atoms with E-state index in [-0.39, 0.29) is 5.91 Å². The van der Waals surface area contributed by atoms with Crippen molar-refractivity contribution in [3.05, 3.63) is 39.8 Å². The number of thiophene rings is 1. The van der Waals surface area contributed by atoms with E-state index in [4.69, 9.17) is 0 Å². The van der Waals surface area contributed by atoms with E-state index in [0.717, 1.165) is 25.9 Å². The molecule has 1 atom stereocenters. The number of aromatic amines is 1. The standard InChI is InChI=1S/C16H22N4OS/c1-12-5-8-22-15(12)9-17-16(21)11-20-7-2-3-13(10-20)14-4-6-18-19-14/h4-6,8,13H,2-3,7,9-11H2,1H3,(H,17,21)(H,18,19)/t13-/m0/s1. The number of rotatable bonds is 5. The number of nitrogens with one attached hydrogen (secondary N) is 2. The van der Waals surface area contributed by atoms with Crippen LogP contribution >= 0.6 is 11.3 Å². The lowest BCUT2D eigenvalue weighted by Gasteiger charge is -2.31. The van der Waals surface area contributed by atoms with E-state index >= 15 is 0 Å². The number of hydrogen-bond donors (Lipinski definition) is 2. The summed E-state index contributed by atoms with van der Waals surface area (Å²) in [7, 11) is 0. The first-order valence-corrected chi connectivity index (χ1v) is 8.61. The number of H-pyrrole nitrogens is 1. The third kappa shape index (κ3) is 3.75. The molecule has 5 nitrogen and oxygen atoms in total. The molecule has 118 valence electrons. The van der Waals surface area contributed by atoms with Crippen molar-refractivity contribution in [1.82, 2.24) is 20.4 Å². The summed E-state index contributed by atoms with van der Waals surface area (Å²) in [5.41, 5.74) is 2.43. The van der Waals surface area contributed by atoms with Gasteiger partial charge < -0.3 is 5.32 Å². The van der Waals surface area contributed by atoms with Gasteiger partial charge in [0.25, 0.3) is 0 Å². The van der Waals surface area contributed by atoms with Crippen molar-refractivity contribution < 1.29 is 4.79 Å². The first kappa shape index (κ1) is 15.2. The van der Waals surface area contributed by atoms with Gasteiger partial charge >= 0.3 is 0 Å². The first-order valence-electron chi connectivity index (χ1n) is 7.73. The van der Waals surface area contributed by atoms with Gasteiger partial charge in [0, 0.05) is 29.2 Å². The fourth-order valence-corrected chi connectivity index (χ4v) is 3.82. The van der Waals surface area contributed by atoms with E-state index in [1.54, 1.807) is 17.5 Å². The molecule has 1 amide bonds. The molecule has 1 fully saturated rings. The third-order valence-corrected chi connectivity index (χ3v) is 5.27. The number of carbonyl (C=O) groups excluding carboxylic acids is 1. The maximum atomic E-state index is 12.1. The van der Waals surface area contributed by atoms with E-state index in [1.165, 1.54) is 16.1 Å². The van der Waals surface area contributed by atoms with Crippen molar-refractivity contribution in [1.29, 1.82) is 0 Å². The first-order chi connectivity index (χ1) is 10.7. The monoisotopic (exact) mass is 318 g/mol. The molecule has 3 rings (SSSR count). The van der Waals surface area contributed by atoms with E-state index in [9.17, 15) is 4.79 Å². The summed E-state index contributed by atoms with van der Waals surface area (Å²) in [5, 5.41) is 12.2. The molecule has 1 aliphatic rings. The molecule has 22 heavy (non-hydrogen) atoms. The largest absolute Gasteiger partial charge is 0.350 e. The molecule has 2 N–H and O–H groups in total. The summed E-state index contributed by atoms with van der Waals surface area (Å²) in [5.74, 6) is 0.571. The summed E-state index contributed by atoms with van der Waals surface area (Å²) >= 11 is 1.70. The van der Waals surface area contributed by atoms with Gasteiger partial charge in [0.05, 0.1) is 13.1 Å². The number of aryl methyl sites for hydroxylation is 1. The highest BCUT2D eigenvalue weighted by Gasteiger charge is 2.23. The highest BCUT2D eigenvalue weighted by Crippen LogP contribution is 2.24. The lowest BCUT2D eigenvalue weighted by molar-refractivity contribution is -0.122. The minimum absolute atomic E-state index is 0.109. The average Bonchev–Trinajstić information content (AvgIpc) is 3.17. The van der Waals surface area contributed by atoms with Crippen LogP contribution in [0.15, 0.2) is 23.7 Å². The Balaban J connectivity index is 1.48. The summed E-state index contributed by atoms with van der Waals surface area (Å²) in [4.78, 5) is 15.6. The molecule has 3 heterocycles. The summed E-state index contributed by atoms with van der Waals surface area (Å²) in [6.45, 7) is 5.12. The number of nitrogens with zero attached hydrogens (tertiary/aromatic N) is 2. The zero-order chi connectivity index (χ0) is 15.4. The van der Waals surface area contributed by atoms with Crippen LogP contribution in [0.4, 0.5) is 0 Å². The second-order valence-electron chi connectivity index (χ2n) is 5.89. The van der Waals surface area contributed by atoms with Crippen LogP contribution in [0.3, 0.4) is 0 Å². The molecule has 0 unspecified atom stereocenters. The van der Waals surface area contributed by atoms with Crippen LogP contribution in [0.5, 0.6) is 0 Å². The van der Waals surface area contributed by atoms with Gasteiger partial charge in [-0.05, 0) is 49.4 Å². The number of amides is 1. The Bertz CT molecular complexity index is 607. The highest BCUT2D eigenvalue weighted by atomic mass is 32.1. The molecule has 1 saturated heterocycles. The summed E-state index contributed by atoms with van der Waals surface area (Å²) in [6.07, 6.45) is 4.08. The topological polar surface area (TPSA) is 61.0 Å². The van der Waals surface area contributed by atoms with Crippen LogP contribution in [-0.4, -0.2) is 40.6 Å². The van der Waals surface area contributed by atoms with Crippen LogP contribution in [0.25, 0.3) is 0 Å². The lowest BCUT2D eigenvalue weighted by atomic mass is 9.95. The predicted molar refractivity (Wildman–Crippen MR) is 87.9 cm³/mol. The zero-order valence-electron chi connectivity index (χ0n) is 12.8. The smallest absolute Gasteiger partial charge is 0.234 e. The van der Waals surface area contributed by atoms with Crippen LogP contribution in [0.1, 0.15) is 34.9 Å². The molecule has 2 aromatic rings. The molecule has 0 radical (unpaired) electrons. The molecule has 6 heteroatoms. The molecule has 2 aromatic heterocycles. The van der Waals surface area contributed by atoms with Crippen molar-refractivity contribution in [2.75, 3.05) is 19.6 Å². The van der Waals surface area contributed by atoms with Crippen molar-refractivity contribution in [3.63, 3.8) is 0 Å². The fourth-order valence-electron chi connectivity index (χ4n) is 2.97. The van der Waals surface area contributed by atoms with Crippen LogP contribution in [0, 0.1) is 6.92 Å². The third-order valence-electron chi connectivity index (χ3n) is 4.25. The molecular formula is C16H22N4OS. The molecule has 0 aliphatic carbocycles.